The number of unbranched alkanes of at least 4 members (excludes halogenated alkanes) is 62. The summed E-state index contributed by atoms with van der Waals surface area (Å²) in [5.74, 6) is -0.187. The molecule has 0 radical (unpaired) electrons. The van der Waals surface area contributed by atoms with Gasteiger partial charge >= 0.3 is 0 Å². The van der Waals surface area contributed by atoms with E-state index in [0.29, 0.717) is 17.4 Å². The van der Waals surface area contributed by atoms with E-state index in [1.165, 1.54) is 379 Å². The number of hydrogen-bond acceptors (Lipinski definition) is 6. The van der Waals surface area contributed by atoms with Crippen LogP contribution in [0.2, 0.25) is 0 Å². The number of phosphoric acid groups is 1. The van der Waals surface area contributed by atoms with Crippen molar-refractivity contribution in [1.29, 1.82) is 0 Å². The lowest BCUT2D eigenvalue weighted by Gasteiger charge is -2.29. The molecule has 8 nitrogen and oxygen atoms in total. The Morgan fingerprint density at radius 3 is 0.892 bits per heavy atom. The van der Waals surface area contributed by atoms with Gasteiger partial charge in [-0.15, -0.1) is 0 Å². The minimum atomic E-state index is -4.61. The molecule has 0 rings (SSSR count). The van der Waals surface area contributed by atoms with Crippen molar-refractivity contribution in [2.24, 2.45) is 0 Å². The Bertz CT molecular complexity index is 1610. The van der Waals surface area contributed by atoms with Crippen LogP contribution in [0.25, 0.3) is 0 Å². The van der Waals surface area contributed by atoms with E-state index in [0.717, 1.165) is 44.9 Å². The number of nitrogens with zero attached hydrogens (tertiary/aromatic N) is 1. The highest BCUT2D eigenvalue weighted by molar-refractivity contribution is 7.45. The molecule has 0 aromatic rings. The van der Waals surface area contributed by atoms with E-state index in [1.54, 1.807) is 6.08 Å². The summed E-state index contributed by atoms with van der Waals surface area (Å²) in [5.41, 5.74) is 0. The van der Waals surface area contributed by atoms with Crippen molar-refractivity contribution in [3.63, 3.8) is 0 Å². The Balaban J connectivity index is 3.89. The first-order valence-corrected chi connectivity index (χ1v) is 43.3. The van der Waals surface area contributed by atoms with Crippen molar-refractivity contribution in [3.05, 3.63) is 36.5 Å². The summed E-state index contributed by atoms with van der Waals surface area (Å²) in [5, 5.41) is 14.0. The number of aliphatic hydroxyl groups is 1. The Hall–Kier alpha value is -1.28. The molecule has 1 amide bonds. The van der Waals surface area contributed by atoms with Crippen LogP contribution in [-0.2, 0) is 18.4 Å². The van der Waals surface area contributed by atoms with Crippen LogP contribution < -0.4 is 10.2 Å². The Labute approximate surface area is 582 Å². The van der Waals surface area contributed by atoms with E-state index in [9.17, 15) is 19.4 Å². The summed E-state index contributed by atoms with van der Waals surface area (Å²) >= 11 is 0. The molecule has 9 heteroatoms. The van der Waals surface area contributed by atoms with Crippen LogP contribution in [0.3, 0.4) is 0 Å². The van der Waals surface area contributed by atoms with Crippen molar-refractivity contribution in [2.75, 3.05) is 40.9 Å². The number of rotatable bonds is 79. The van der Waals surface area contributed by atoms with Gasteiger partial charge in [-0.05, 0) is 51.4 Å². The number of carbonyl (C=O) groups excluding carboxylic acids is 1. The highest BCUT2D eigenvalue weighted by Crippen LogP contribution is 2.38. The third-order valence-corrected chi connectivity index (χ3v) is 20.6. The van der Waals surface area contributed by atoms with Crippen LogP contribution in [0, 0.1) is 0 Å². The van der Waals surface area contributed by atoms with Crippen molar-refractivity contribution < 1.29 is 32.9 Å². The molecule has 93 heavy (non-hydrogen) atoms. The molecule has 0 aliphatic rings. The predicted molar refractivity (Wildman–Crippen MR) is 408 cm³/mol. The van der Waals surface area contributed by atoms with Gasteiger partial charge in [0.15, 0.2) is 0 Å². The molecule has 0 aromatic heterocycles. The number of carbonyl (C=O) groups is 1. The Morgan fingerprint density at radius 1 is 0.376 bits per heavy atom. The maximum atomic E-state index is 13.1. The number of aliphatic hydroxyl groups excluding tert-OH is 1. The lowest BCUT2D eigenvalue weighted by Crippen LogP contribution is -2.45. The maximum absolute atomic E-state index is 13.1. The molecule has 0 aromatic carbocycles. The van der Waals surface area contributed by atoms with Gasteiger partial charge in [0, 0.05) is 6.42 Å². The van der Waals surface area contributed by atoms with Crippen molar-refractivity contribution >= 4 is 13.7 Å². The fourth-order valence-corrected chi connectivity index (χ4v) is 13.9. The van der Waals surface area contributed by atoms with Crippen LogP contribution in [0.5, 0.6) is 0 Å². The highest BCUT2D eigenvalue weighted by atomic mass is 31.2. The topological polar surface area (TPSA) is 108 Å². The first kappa shape index (κ1) is 91.7. The van der Waals surface area contributed by atoms with Gasteiger partial charge in [-0.3, -0.25) is 9.36 Å². The average Bonchev–Trinajstić information content (AvgIpc) is 2.75. The van der Waals surface area contributed by atoms with Gasteiger partial charge in [-0.25, -0.2) is 0 Å². The number of amides is 1. The predicted octanol–water partition coefficient (Wildman–Crippen LogP) is 26.9. The van der Waals surface area contributed by atoms with Crippen LogP contribution in [-0.4, -0.2) is 68.5 Å². The van der Waals surface area contributed by atoms with Gasteiger partial charge in [-0.2, -0.15) is 0 Å². The van der Waals surface area contributed by atoms with E-state index in [-0.39, 0.29) is 19.1 Å². The summed E-state index contributed by atoms with van der Waals surface area (Å²) in [4.78, 5) is 25.7. The molecule has 2 N–H and O–H groups in total. The van der Waals surface area contributed by atoms with E-state index in [4.69, 9.17) is 9.05 Å². The molecule has 0 saturated carbocycles. The second-order valence-electron chi connectivity index (χ2n) is 30.2. The zero-order valence-corrected chi connectivity index (χ0v) is 64.4. The Kier molecular flexibility index (Phi) is 73.9. The molecule has 3 unspecified atom stereocenters. The largest absolute Gasteiger partial charge is 0.756 e. The SMILES string of the molecule is CCCCCCC/C=C\C/C=C\CCCCCCCCCCCCCCCCCCCCCCCCCCCCCCCC(=O)NC(COP(=O)([O-])OCC[N+](C)(C)C)C(O)/C=C/CCCCCCCCCCCCCCCCCCCCCCCCCCCCCC. The molecule has 552 valence electrons. The normalized spacial score (nSPS) is 13.6. The number of allylic oxidation sites excluding steroid dienone is 5. The highest BCUT2D eigenvalue weighted by Gasteiger charge is 2.23. The number of nitrogens with one attached hydrogen (secondary N) is 1. The smallest absolute Gasteiger partial charge is 0.268 e. The average molecular weight is 1330 g/mol. The zero-order chi connectivity index (χ0) is 67.6. The molecule has 0 saturated heterocycles. The second kappa shape index (κ2) is 74.9. The summed E-state index contributed by atoms with van der Waals surface area (Å²) in [6, 6.07) is -0.886. The Morgan fingerprint density at radius 2 is 0.624 bits per heavy atom. The maximum Gasteiger partial charge on any atom is 0.268 e. The van der Waals surface area contributed by atoms with Crippen LogP contribution in [0.1, 0.15) is 444 Å². The van der Waals surface area contributed by atoms with E-state index < -0.39 is 20.0 Å². The van der Waals surface area contributed by atoms with Crippen LogP contribution >= 0.6 is 7.82 Å². The van der Waals surface area contributed by atoms with Gasteiger partial charge in [-0.1, -0.05) is 423 Å². The second-order valence-corrected chi connectivity index (χ2v) is 31.6. The molecule has 0 aliphatic carbocycles. The first-order chi connectivity index (χ1) is 45.5. The molecule has 0 fully saturated rings. The van der Waals surface area contributed by atoms with Gasteiger partial charge in [0.2, 0.25) is 5.91 Å². The zero-order valence-electron chi connectivity index (χ0n) is 63.5. The summed E-state index contributed by atoms with van der Waals surface area (Å²) in [6.07, 6.45) is 102. The molecule has 0 spiro atoms. The summed E-state index contributed by atoms with van der Waals surface area (Å²) < 4.78 is 23.5. The molecule has 3 atom stereocenters. The molecular weight excluding hydrogens is 1160 g/mol. The van der Waals surface area contributed by atoms with E-state index in [1.807, 2.05) is 27.2 Å². The summed E-state index contributed by atoms with van der Waals surface area (Å²) in [7, 11) is 1.29. The van der Waals surface area contributed by atoms with Gasteiger partial charge in [0.25, 0.3) is 7.82 Å². The number of likely N-dealkylation sites (N-methyl/N-ethyl adjacent to an activating group) is 1. The fourth-order valence-electron chi connectivity index (χ4n) is 13.1. The van der Waals surface area contributed by atoms with E-state index >= 15 is 0 Å². The third kappa shape index (κ3) is 77.9. The number of phosphoric ester groups is 1. The quantitative estimate of drug-likeness (QED) is 0.0272. The van der Waals surface area contributed by atoms with Crippen LogP contribution in [0.4, 0.5) is 0 Å². The first-order valence-electron chi connectivity index (χ1n) is 41.9. The lowest BCUT2D eigenvalue weighted by atomic mass is 10.0. The standard InChI is InChI=1S/C84H165N2O6P/c1-6-8-10-12-14-16-18-20-22-24-26-28-30-32-34-36-38-39-40-41-42-43-44-45-46-47-48-50-52-54-56-58-60-62-64-66-68-70-72-74-76-78-84(88)85-82(81-92-93(89,90)91-80-79-86(3,4)5)83(87)77-75-73-71-69-67-65-63-61-59-57-55-53-51-49-37-35-33-31-29-27-25-23-21-19-17-15-13-11-9-7-2/h18,20,24,26,75,77,82-83,87H,6-17,19,21-23,25,27-74,76,78-81H2,1-5H3,(H-,85,88,89,90)/b20-18-,26-24-,77-75+. The van der Waals surface area contributed by atoms with Crippen LogP contribution in [0.15, 0.2) is 36.5 Å². The number of hydrogen-bond donors (Lipinski definition) is 2. The lowest BCUT2D eigenvalue weighted by molar-refractivity contribution is -0.870. The van der Waals surface area contributed by atoms with Gasteiger partial charge < -0.3 is 28.8 Å². The minimum Gasteiger partial charge on any atom is -0.756 e. The monoisotopic (exact) mass is 1330 g/mol. The molecule has 0 bridgehead atoms. The van der Waals surface area contributed by atoms with E-state index in [2.05, 4.69) is 43.5 Å². The number of quaternary nitrogens is 1. The molecule has 0 heterocycles. The fraction of sp³-hybridized carbons (Fsp3) is 0.917. The third-order valence-electron chi connectivity index (χ3n) is 19.6. The van der Waals surface area contributed by atoms with Crippen molar-refractivity contribution in [1.82, 2.24) is 5.32 Å². The molecular formula is C84H165N2O6P. The summed E-state index contributed by atoms with van der Waals surface area (Å²) in [6.45, 7) is 4.71. The molecule has 0 aliphatic heterocycles. The van der Waals surface area contributed by atoms with Gasteiger partial charge in [0.1, 0.15) is 13.2 Å². The van der Waals surface area contributed by atoms with Crippen molar-refractivity contribution in [3.8, 4) is 0 Å². The minimum absolute atomic E-state index is 0.00207. The van der Waals surface area contributed by atoms with Gasteiger partial charge in [0.05, 0.1) is 39.9 Å². The van der Waals surface area contributed by atoms with Crippen molar-refractivity contribution in [2.45, 2.75) is 456 Å².